The second-order valence-electron chi connectivity index (χ2n) is 2.83. The van der Waals surface area contributed by atoms with Crippen LogP contribution in [-0.2, 0) is 11.4 Å². The van der Waals surface area contributed by atoms with Gasteiger partial charge in [0.25, 0.3) is 0 Å². The van der Waals surface area contributed by atoms with Crippen LogP contribution in [0.3, 0.4) is 0 Å². The summed E-state index contributed by atoms with van der Waals surface area (Å²) in [5.41, 5.74) is 4.04. The average Bonchev–Trinajstić information content (AvgIpc) is 2.21. The topological polar surface area (TPSA) is 30.5 Å². The molecule has 3 nitrogen and oxygen atoms in total. The van der Waals surface area contributed by atoms with Gasteiger partial charge in [0.05, 0.1) is 13.2 Å². The van der Waals surface area contributed by atoms with E-state index in [9.17, 15) is 0 Å². The summed E-state index contributed by atoms with van der Waals surface area (Å²) in [4.78, 5) is 5.03. The van der Waals surface area contributed by atoms with Gasteiger partial charge in [-0.1, -0.05) is 12.1 Å². The van der Waals surface area contributed by atoms with Crippen molar-refractivity contribution in [3.05, 3.63) is 29.8 Å². The number of nitrogens with one attached hydrogen (secondary N) is 1. The number of benzene rings is 1. The molecule has 1 N–H and O–H groups in total. The van der Waals surface area contributed by atoms with Crippen molar-refractivity contribution in [3.63, 3.8) is 0 Å². The zero-order chi connectivity index (χ0) is 10.2. The molecule has 0 spiro atoms. The smallest absolute Gasteiger partial charge is 0.119 e. The Morgan fingerprint density at radius 3 is 2.36 bits per heavy atom. The van der Waals surface area contributed by atoms with Gasteiger partial charge in [-0.05, 0) is 31.5 Å². The van der Waals surface area contributed by atoms with Crippen LogP contribution in [0.5, 0.6) is 5.75 Å². The minimum atomic E-state index is 0.678. The Labute approximate surface area is 85.0 Å². The lowest BCUT2D eigenvalue weighted by Crippen LogP contribution is -2.13. The lowest BCUT2D eigenvalue weighted by atomic mass is 10.2. The van der Waals surface area contributed by atoms with Gasteiger partial charge in [0, 0.05) is 6.54 Å². The first kappa shape index (κ1) is 11.0. The van der Waals surface area contributed by atoms with Gasteiger partial charge in [0.2, 0.25) is 0 Å². The van der Waals surface area contributed by atoms with Gasteiger partial charge in [0.1, 0.15) is 5.75 Å². The molecule has 0 aliphatic rings. The number of hydrogen-bond donors (Lipinski definition) is 1. The quantitative estimate of drug-likeness (QED) is 0.557. The lowest BCUT2D eigenvalue weighted by molar-refractivity contribution is 0.0463. The molecule has 0 aliphatic carbocycles. The van der Waals surface area contributed by atoms with E-state index in [0.29, 0.717) is 13.2 Å². The highest BCUT2D eigenvalue weighted by atomic mass is 16.6. The first-order valence-electron chi connectivity index (χ1n) is 4.93. The van der Waals surface area contributed by atoms with Crippen LogP contribution in [0.15, 0.2) is 24.3 Å². The van der Waals surface area contributed by atoms with Crippen LogP contribution in [0.25, 0.3) is 0 Å². The third-order valence-corrected chi connectivity index (χ3v) is 1.76. The van der Waals surface area contributed by atoms with Gasteiger partial charge in [0.15, 0.2) is 0 Å². The van der Waals surface area contributed by atoms with Gasteiger partial charge >= 0.3 is 0 Å². The molecule has 1 rings (SSSR count). The molecular formula is C11H17NO2. The maximum absolute atomic E-state index is 5.33. The van der Waals surface area contributed by atoms with Crippen LogP contribution >= 0.6 is 0 Å². The highest BCUT2D eigenvalue weighted by Crippen LogP contribution is 2.11. The van der Waals surface area contributed by atoms with Crippen molar-refractivity contribution in [1.82, 2.24) is 5.48 Å². The lowest BCUT2D eigenvalue weighted by Gasteiger charge is -2.05. The van der Waals surface area contributed by atoms with Crippen LogP contribution in [0.2, 0.25) is 0 Å². The minimum Gasteiger partial charge on any atom is -0.494 e. The number of ether oxygens (including phenoxy) is 1. The SMILES string of the molecule is CCONCc1ccc(OCC)cc1. The fourth-order valence-electron chi connectivity index (χ4n) is 1.11. The Balaban J connectivity index is 2.38. The van der Waals surface area contributed by atoms with Crippen LogP contribution in [0, 0.1) is 0 Å². The summed E-state index contributed by atoms with van der Waals surface area (Å²) in [5.74, 6) is 0.910. The zero-order valence-electron chi connectivity index (χ0n) is 8.75. The van der Waals surface area contributed by atoms with E-state index in [0.717, 1.165) is 12.3 Å². The molecule has 0 amide bonds. The molecule has 1 aromatic rings. The van der Waals surface area contributed by atoms with E-state index in [4.69, 9.17) is 9.57 Å². The van der Waals surface area contributed by atoms with Crippen molar-refractivity contribution in [2.45, 2.75) is 20.4 Å². The molecule has 0 saturated carbocycles. The van der Waals surface area contributed by atoms with Crippen LogP contribution in [0.4, 0.5) is 0 Å². The Hall–Kier alpha value is -1.06. The summed E-state index contributed by atoms with van der Waals surface area (Å²) in [5, 5.41) is 0. The van der Waals surface area contributed by atoms with Gasteiger partial charge < -0.3 is 9.57 Å². The molecule has 0 unspecified atom stereocenters. The monoisotopic (exact) mass is 195 g/mol. The summed E-state index contributed by atoms with van der Waals surface area (Å²) < 4.78 is 5.33. The molecule has 0 fully saturated rings. The molecule has 0 bridgehead atoms. The second kappa shape index (κ2) is 6.40. The minimum absolute atomic E-state index is 0.678. The fraction of sp³-hybridized carbons (Fsp3) is 0.455. The summed E-state index contributed by atoms with van der Waals surface area (Å²) in [7, 11) is 0. The van der Waals surface area contributed by atoms with Gasteiger partial charge in [-0.15, -0.1) is 0 Å². The first-order valence-corrected chi connectivity index (χ1v) is 4.93. The molecule has 0 atom stereocenters. The van der Waals surface area contributed by atoms with Crippen molar-refractivity contribution in [2.24, 2.45) is 0 Å². The third kappa shape index (κ3) is 3.77. The van der Waals surface area contributed by atoms with Crippen molar-refractivity contribution in [3.8, 4) is 5.75 Å². The molecule has 0 heterocycles. The Bertz CT molecular complexity index is 246. The first-order chi connectivity index (χ1) is 6.86. The van der Waals surface area contributed by atoms with E-state index in [1.54, 1.807) is 0 Å². The summed E-state index contributed by atoms with van der Waals surface area (Å²) in [6.45, 7) is 6.03. The second-order valence-corrected chi connectivity index (χ2v) is 2.83. The molecule has 0 radical (unpaired) electrons. The fourth-order valence-corrected chi connectivity index (χ4v) is 1.11. The van der Waals surface area contributed by atoms with Crippen LogP contribution in [-0.4, -0.2) is 13.2 Å². The predicted octanol–water partition coefficient (Wildman–Crippen LogP) is 2.13. The van der Waals surface area contributed by atoms with E-state index < -0.39 is 0 Å². The average molecular weight is 195 g/mol. The van der Waals surface area contributed by atoms with E-state index in [2.05, 4.69) is 5.48 Å². The number of rotatable bonds is 6. The standard InChI is InChI=1S/C11H17NO2/c1-3-13-11-7-5-10(6-8-11)9-12-14-4-2/h5-8,12H,3-4,9H2,1-2H3. The number of hydrogen-bond acceptors (Lipinski definition) is 3. The van der Waals surface area contributed by atoms with Gasteiger partial charge in [-0.3, -0.25) is 0 Å². The maximum Gasteiger partial charge on any atom is 0.119 e. The van der Waals surface area contributed by atoms with E-state index >= 15 is 0 Å². The van der Waals surface area contributed by atoms with E-state index in [-0.39, 0.29) is 0 Å². The molecule has 0 saturated heterocycles. The van der Waals surface area contributed by atoms with Crippen molar-refractivity contribution < 1.29 is 9.57 Å². The molecular weight excluding hydrogens is 178 g/mol. The van der Waals surface area contributed by atoms with Crippen LogP contribution in [0.1, 0.15) is 19.4 Å². The van der Waals surface area contributed by atoms with Crippen LogP contribution < -0.4 is 10.2 Å². The van der Waals surface area contributed by atoms with Crippen molar-refractivity contribution in [2.75, 3.05) is 13.2 Å². The summed E-state index contributed by atoms with van der Waals surface area (Å²) in [6, 6.07) is 7.98. The molecule has 0 aromatic heterocycles. The summed E-state index contributed by atoms with van der Waals surface area (Å²) in [6.07, 6.45) is 0. The number of hydroxylamine groups is 1. The van der Waals surface area contributed by atoms with E-state index in [1.807, 2.05) is 38.1 Å². The summed E-state index contributed by atoms with van der Waals surface area (Å²) >= 11 is 0. The van der Waals surface area contributed by atoms with E-state index in [1.165, 1.54) is 5.56 Å². The zero-order valence-corrected chi connectivity index (χ0v) is 8.75. The van der Waals surface area contributed by atoms with Crippen molar-refractivity contribution >= 4 is 0 Å². The highest BCUT2D eigenvalue weighted by Gasteiger charge is 1.94. The largest absolute Gasteiger partial charge is 0.494 e. The molecule has 1 aromatic carbocycles. The highest BCUT2D eigenvalue weighted by molar-refractivity contribution is 5.26. The van der Waals surface area contributed by atoms with Gasteiger partial charge in [-0.25, -0.2) is 0 Å². The molecule has 14 heavy (non-hydrogen) atoms. The van der Waals surface area contributed by atoms with Crippen molar-refractivity contribution in [1.29, 1.82) is 0 Å². The third-order valence-electron chi connectivity index (χ3n) is 1.76. The molecule has 78 valence electrons. The maximum atomic E-state index is 5.33. The molecule has 3 heteroatoms. The Kier molecular flexibility index (Phi) is 5.04. The Morgan fingerprint density at radius 2 is 1.79 bits per heavy atom. The molecule has 0 aliphatic heterocycles. The predicted molar refractivity (Wildman–Crippen MR) is 56.1 cm³/mol. The Morgan fingerprint density at radius 1 is 1.07 bits per heavy atom. The normalized spacial score (nSPS) is 10.1. The van der Waals surface area contributed by atoms with Gasteiger partial charge in [-0.2, -0.15) is 5.48 Å².